The number of ether oxygens (including phenoxy) is 2. The molecule has 3 aromatic rings. The SMILES string of the molecule is O=C1CCc2cc(Oc3nc(CN4CCOCC4)nc4sc5c(c34)CCCC5)ccc21. The lowest BCUT2D eigenvalue weighted by atomic mass is 9.97. The number of thiophene rings is 1. The highest BCUT2D eigenvalue weighted by molar-refractivity contribution is 7.18. The number of rotatable bonds is 4. The molecular formula is C24H25N3O3S. The molecule has 0 saturated carbocycles. The number of nitrogens with zero attached hydrogens (tertiary/aromatic N) is 3. The number of fused-ring (bicyclic) bond motifs is 4. The second-order valence-electron chi connectivity index (χ2n) is 8.57. The molecule has 1 fully saturated rings. The van der Waals surface area contributed by atoms with E-state index in [1.54, 1.807) is 11.3 Å². The van der Waals surface area contributed by atoms with E-state index in [9.17, 15) is 4.79 Å². The fourth-order valence-electron chi connectivity index (χ4n) is 4.88. The summed E-state index contributed by atoms with van der Waals surface area (Å²) in [6.07, 6.45) is 6.02. The molecule has 2 aliphatic carbocycles. The van der Waals surface area contributed by atoms with Crippen LogP contribution in [0, 0.1) is 0 Å². The van der Waals surface area contributed by atoms with Crippen molar-refractivity contribution < 1.29 is 14.3 Å². The minimum Gasteiger partial charge on any atom is -0.438 e. The number of benzene rings is 1. The van der Waals surface area contributed by atoms with Crippen molar-refractivity contribution in [3.8, 4) is 11.6 Å². The molecule has 0 unspecified atom stereocenters. The third kappa shape index (κ3) is 3.64. The molecule has 3 aliphatic rings. The molecule has 7 heteroatoms. The fraction of sp³-hybridized carbons (Fsp3) is 0.458. The Labute approximate surface area is 185 Å². The van der Waals surface area contributed by atoms with Crippen LogP contribution < -0.4 is 4.74 Å². The Bertz CT molecular complexity index is 1170. The average Bonchev–Trinajstić information content (AvgIpc) is 3.34. The van der Waals surface area contributed by atoms with Crippen molar-refractivity contribution in [3.05, 3.63) is 45.6 Å². The molecule has 1 saturated heterocycles. The Morgan fingerprint density at radius 2 is 1.94 bits per heavy atom. The van der Waals surface area contributed by atoms with Crippen molar-refractivity contribution >= 4 is 27.3 Å². The van der Waals surface area contributed by atoms with Crippen molar-refractivity contribution in [1.29, 1.82) is 0 Å². The second kappa shape index (κ2) is 7.97. The predicted octanol–water partition coefficient (Wildman–Crippen LogP) is 4.32. The number of hydrogen-bond donors (Lipinski definition) is 0. The summed E-state index contributed by atoms with van der Waals surface area (Å²) in [5.74, 6) is 2.45. The molecule has 0 radical (unpaired) electrons. The summed E-state index contributed by atoms with van der Waals surface area (Å²) < 4.78 is 11.9. The maximum Gasteiger partial charge on any atom is 0.231 e. The third-order valence-corrected chi connectivity index (χ3v) is 7.70. The first-order valence-electron chi connectivity index (χ1n) is 11.2. The molecule has 2 aromatic heterocycles. The van der Waals surface area contributed by atoms with E-state index in [0.29, 0.717) is 18.8 Å². The number of ketones is 1. The molecular weight excluding hydrogens is 410 g/mol. The van der Waals surface area contributed by atoms with Gasteiger partial charge in [-0.2, -0.15) is 4.98 Å². The van der Waals surface area contributed by atoms with Gasteiger partial charge in [-0.05, 0) is 61.4 Å². The first-order chi connectivity index (χ1) is 15.2. The molecule has 0 amide bonds. The van der Waals surface area contributed by atoms with Crippen LogP contribution in [0.1, 0.15) is 51.4 Å². The van der Waals surface area contributed by atoms with Crippen LogP contribution in [-0.2, 0) is 30.5 Å². The minimum atomic E-state index is 0.227. The highest BCUT2D eigenvalue weighted by Crippen LogP contribution is 2.41. The molecule has 0 bridgehead atoms. The summed E-state index contributed by atoms with van der Waals surface area (Å²) in [6, 6.07) is 5.81. The number of aromatic nitrogens is 2. The summed E-state index contributed by atoms with van der Waals surface area (Å²) in [4.78, 5) is 26.7. The lowest BCUT2D eigenvalue weighted by Crippen LogP contribution is -2.36. The van der Waals surface area contributed by atoms with E-state index in [1.807, 2.05) is 18.2 Å². The smallest absolute Gasteiger partial charge is 0.231 e. The van der Waals surface area contributed by atoms with Gasteiger partial charge in [-0.25, -0.2) is 4.98 Å². The van der Waals surface area contributed by atoms with Crippen LogP contribution in [0.4, 0.5) is 0 Å². The molecule has 1 aromatic carbocycles. The molecule has 6 rings (SSSR count). The van der Waals surface area contributed by atoms with Crippen LogP contribution in [-0.4, -0.2) is 47.0 Å². The standard InChI is InChI=1S/C24H25N3O3S/c28-19-8-5-15-13-16(6-7-17(15)19)30-23-22-18-3-1-2-4-20(18)31-24(22)26-21(25-23)14-27-9-11-29-12-10-27/h6-7,13H,1-5,8-12,14H2. The van der Waals surface area contributed by atoms with Gasteiger partial charge in [0.2, 0.25) is 5.88 Å². The van der Waals surface area contributed by atoms with Crippen molar-refractivity contribution in [3.63, 3.8) is 0 Å². The van der Waals surface area contributed by atoms with Crippen LogP contribution in [0.15, 0.2) is 18.2 Å². The van der Waals surface area contributed by atoms with Crippen LogP contribution in [0.25, 0.3) is 10.2 Å². The van der Waals surface area contributed by atoms with Gasteiger partial charge in [0.1, 0.15) is 16.4 Å². The lowest BCUT2D eigenvalue weighted by Gasteiger charge is -2.25. The van der Waals surface area contributed by atoms with E-state index >= 15 is 0 Å². The molecule has 3 heterocycles. The number of aryl methyl sites for hydroxylation is 3. The number of carbonyl (C=O) groups is 1. The number of carbonyl (C=O) groups excluding carboxylic acids is 1. The van der Waals surface area contributed by atoms with Crippen LogP contribution in [0.5, 0.6) is 11.6 Å². The van der Waals surface area contributed by atoms with E-state index in [0.717, 1.165) is 78.5 Å². The summed E-state index contributed by atoms with van der Waals surface area (Å²) in [6.45, 7) is 4.02. The van der Waals surface area contributed by atoms with E-state index < -0.39 is 0 Å². The third-order valence-electron chi connectivity index (χ3n) is 6.51. The van der Waals surface area contributed by atoms with E-state index in [4.69, 9.17) is 19.4 Å². The van der Waals surface area contributed by atoms with Gasteiger partial charge in [0, 0.05) is 30.0 Å². The van der Waals surface area contributed by atoms with Gasteiger partial charge in [-0.3, -0.25) is 9.69 Å². The number of Topliss-reactive ketones (excluding diaryl/α,β-unsaturated/α-hetero) is 1. The van der Waals surface area contributed by atoms with Crippen molar-refractivity contribution in [2.75, 3.05) is 26.3 Å². The Kier molecular flexibility index (Phi) is 4.97. The van der Waals surface area contributed by atoms with Gasteiger partial charge in [0.25, 0.3) is 0 Å². The van der Waals surface area contributed by atoms with Gasteiger partial charge < -0.3 is 9.47 Å². The lowest BCUT2D eigenvalue weighted by molar-refractivity contribution is 0.0330. The zero-order valence-corrected chi connectivity index (χ0v) is 18.3. The maximum absolute atomic E-state index is 12.0. The Morgan fingerprint density at radius 3 is 2.84 bits per heavy atom. The Balaban J connectivity index is 1.40. The summed E-state index contributed by atoms with van der Waals surface area (Å²) in [5.41, 5.74) is 3.28. The largest absolute Gasteiger partial charge is 0.438 e. The van der Waals surface area contributed by atoms with E-state index in [1.165, 1.54) is 23.3 Å². The Hall–Kier alpha value is -2.35. The van der Waals surface area contributed by atoms with Crippen LogP contribution in [0.3, 0.4) is 0 Å². The molecule has 0 N–H and O–H groups in total. The highest BCUT2D eigenvalue weighted by atomic mass is 32.1. The summed E-state index contributed by atoms with van der Waals surface area (Å²) in [7, 11) is 0. The van der Waals surface area contributed by atoms with Crippen LogP contribution in [0.2, 0.25) is 0 Å². The molecule has 1 aliphatic heterocycles. The van der Waals surface area contributed by atoms with E-state index in [2.05, 4.69) is 4.90 Å². The van der Waals surface area contributed by atoms with Gasteiger partial charge in [-0.1, -0.05) is 0 Å². The van der Waals surface area contributed by atoms with Crippen molar-refractivity contribution in [2.45, 2.75) is 45.1 Å². The second-order valence-corrected chi connectivity index (χ2v) is 9.65. The first-order valence-corrected chi connectivity index (χ1v) is 12.0. The molecule has 31 heavy (non-hydrogen) atoms. The topological polar surface area (TPSA) is 64.5 Å². The first kappa shape index (κ1) is 19.3. The molecule has 0 spiro atoms. The maximum atomic E-state index is 12.0. The zero-order valence-electron chi connectivity index (χ0n) is 17.5. The van der Waals surface area contributed by atoms with Crippen LogP contribution >= 0.6 is 11.3 Å². The summed E-state index contributed by atoms with van der Waals surface area (Å²) >= 11 is 1.80. The van der Waals surface area contributed by atoms with Gasteiger partial charge in [-0.15, -0.1) is 11.3 Å². The minimum absolute atomic E-state index is 0.227. The molecule has 6 nitrogen and oxygen atoms in total. The quantitative estimate of drug-likeness (QED) is 0.608. The zero-order chi connectivity index (χ0) is 20.8. The van der Waals surface area contributed by atoms with Gasteiger partial charge in [0.15, 0.2) is 5.78 Å². The summed E-state index contributed by atoms with van der Waals surface area (Å²) in [5, 5.41) is 1.09. The Morgan fingerprint density at radius 1 is 1.06 bits per heavy atom. The molecule has 0 atom stereocenters. The predicted molar refractivity (Wildman–Crippen MR) is 119 cm³/mol. The number of hydrogen-bond acceptors (Lipinski definition) is 7. The fourth-order valence-corrected chi connectivity index (χ4v) is 6.15. The van der Waals surface area contributed by atoms with E-state index in [-0.39, 0.29) is 5.78 Å². The normalized spacial score (nSPS) is 18.9. The number of morpholine rings is 1. The molecule has 160 valence electrons. The van der Waals surface area contributed by atoms with Gasteiger partial charge in [0.05, 0.1) is 25.1 Å². The van der Waals surface area contributed by atoms with Crippen molar-refractivity contribution in [1.82, 2.24) is 14.9 Å². The van der Waals surface area contributed by atoms with Crippen molar-refractivity contribution in [2.24, 2.45) is 0 Å². The average molecular weight is 436 g/mol. The van der Waals surface area contributed by atoms with Gasteiger partial charge >= 0.3 is 0 Å². The monoisotopic (exact) mass is 435 g/mol. The highest BCUT2D eigenvalue weighted by Gasteiger charge is 2.24.